The normalized spacial score (nSPS) is 11.6. The van der Waals surface area contributed by atoms with E-state index in [1.165, 1.54) is 23.6 Å². The van der Waals surface area contributed by atoms with Gasteiger partial charge in [-0.2, -0.15) is 0 Å². The second kappa shape index (κ2) is 6.09. The van der Waals surface area contributed by atoms with E-state index in [0.29, 0.717) is 28.0 Å². The third-order valence-corrected chi connectivity index (χ3v) is 5.24. The van der Waals surface area contributed by atoms with Gasteiger partial charge in [0.1, 0.15) is 6.33 Å². The third-order valence-electron chi connectivity index (χ3n) is 3.66. The molecule has 0 amide bonds. The molecule has 0 spiro atoms. The summed E-state index contributed by atoms with van der Waals surface area (Å²) in [7, 11) is -2.16. The van der Waals surface area contributed by atoms with Crippen LogP contribution in [0, 0.1) is 0 Å². The highest BCUT2D eigenvalue weighted by Gasteiger charge is 2.23. The predicted octanol–water partition coefficient (Wildman–Crippen LogP) is 2.85. The minimum atomic E-state index is -3.65. The molecule has 24 heavy (non-hydrogen) atoms. The van der Waals surface area contributed by atoms with Crippen molar-refractivity contribution >= 4 is 26.6 Å². The maximum absolute atomic E-state index is 12.9. The van der Waals surface area contributed by atoms with Gasteiger partial charge in [-0.05, 0) is 18.1 Å². The SMILES string of the molecule is C=C(C)c1cn(S(=O)(=O)Cc2ccccc2)c2ncnc(OC)c12. The standard InChI is InChI=1S/C17H17N3O3S/c1-12(2)14-9-20(16-15(14)17(23-3)19-11-18-16)24(21,22)10-13-7-5-4-6-8-13/h4-9,11H,1,10H2,2-3H3. The Morgan fingerprint density at radius 1 is 1.25 bits per heavy atom. The average Bonchev–Trinajstić information content (AvgIpc) is 2.96. The minimum Gasteiger partial charge on any atom is -0.480 e. The second-order valence-corrected chi connectivity index (χ2v) is 7.29. The van der Waals surface area contributed by atoms with Gasteiger partial charge in [0, 0.05) is 11.8 Å². The molecule has 0 saturated heterocycles. The Bertz CT molecular complexity index is 1010. The summed E-state index contributed by atoms with van der Waals surface area (Å²) in [6, 6.07) is 9.02. The lowest BCUT2D eigenvalue weighted by Crippen LogP contribution is -2.14. The van der Waals surface area contributed by atoms with Gasteiger partial charge in [0.15, 0.2) is 5.65 Å². The molecule has 6 nitrogen and oxygen atoms in total. The number of methoxy groups -OCH3 is 1. The van der Waals surface area contributed by atoms with E-state index in [2.05, 4.69) is 16.5 Å². The van der Waals surface area contributed by atoms with Crippen molar-refractivity contribution in [3.8, 4) is 5.88 Å². The smallest absolute Gasteiger partial charge is 0.244 e. The van der Waals surface area contributed by atoms with Crippen LogP contribution in [0.2, 0.25) is 0 Å². The molecule has 0 aliphatic rings. The van der Waals surface area contributed by atoms with E-state index >= 15 is 0 Å². The molecule has 0 radical (unpaired) electrons. The summed E-state index contributed by atoms with van der Waals surface area (Å²) in [4.78, 5) is 8.22. The number of fused-ring (bicyclic) bond motifs is 1. The van der Waals surface area contributed by atoms with Crippen molar-refractivity contribution in [2.45, 2.75) is 12.7 Å². The lowest BCUT2D eigenvalue weighted by Gasteiger charge is -2.07. The Morgan fingerprint density at radius 3 is 2.58 bits per heavy atom. The zero-order valence-corrected chi connectivity index (χ0v) is 14.2. The van der Waals surface area contributed by atoms with Crippen molar-refractivity contribution in [1.29, 1.82) is 0 Å². The van der Waals surface area contributed by atoms with Gasteiger partial charge in [-0.15, -0.1) is 0 Å². The molecule has 124 valence electrons. The molecule has 3 rings (SSSR count). The first-order valence-electron chi connectivity index (χ1n) is 7.27. The summed E-state index contributed by atoms with van der Waals surface area (Å²) < 4.78 is 32.2. The highest BCUT2D eigenvalue weighted by atomic mass is 32.2. The van der Waals surface area contributed by atoms with E-state index in [0.717, 1.165) is 0 Å². The lowest BCUT2D eigenvalue weighted by molar-refractivity contribution is 0.402. The number of benzene rings is 1. The van der Waals surface area contributed by atoms with Gasteiger partial charge in [-0.1, -0.05) is 36.9 Å². The Kier molecular flexibility index (Phi) is 4.11. The van der Waals surface area contributed by atoms with Gasteiger partial charge in [0.05, 0.1) is 18.2 Å². The molecule has 2 aromatic heterocycles. The molecule has 0 aliphatic carbocycles. The lowest BCUT2D eigenvalue weighted by atomic mass is 10.1. The van der Waals surface area contributed by atoms with Crippen molar-refractivity contribution in [2.75, 3.05) is 7.11 Å². The molecular formula is C17H17N3O3S. The highest BCUT2D eigenvalue weighted by molar-refractivity contribution is 7.89. The van der Waals surface area contributed by atoms with Crippen LogP contribution in [0.1, 0.15) is 18.1 Å². The fraction of sp³-hybridized carbons (Fsp3) is 0.176. The maximum Gasteiger partial charge on any atom is 0.244 e. The molecule has 3 aromatic rings. The van der Waals surface area contributed by atoms with Crippen LogP contribution in [0.4, 0.5) is 0 Å². The summed E-state index contributed by atoms with van der Waals surface area (Å²) in [6.45, 7) is 5.71. The van der Waals surface area contributed by atoms with Gasteiger partial charge in [-0.3, -0.25) is 0 Å². The van der Waals surface area contributed by atoms with E-state index in [9.17, 15) is 8.42 Å². The molecule has 0 bridgehead atoms. The summed E-state index contributed by atoms with van der Waals surface area (Å²) in [5.41, 5.74) is 2.36. The van der Waals surface area contributed by atoms with Gasteiger partial charge >= 0.3 is 0 Å². The quantitative estimate of drug-likeness (QED) is 0.712. The Labute approximate surface area is 140 Å². The molecule has 2 heterocycles. The molecular weight excluding hydrogens is 326 g/mol. The van der Waals surface area contributed by atoms with Crippen LogP contribution in [-0.2, 0) is 15.8 Å². The van der Waals surface area contributed by atoms with Crippen LogP contribution in [-0.4, -0.2) is 29.5 Å². The van der Waals surface area contributed by atoms with Crippen molar-refractivity contribution in [2.24, 2.45) is 0 Å². The number of hydrogen-bond donors (Lipinski definition) is 0. The summed E-state index contributed by atoms with van der Waals surface area (Å²) >= 11 is 0. The monoisotopic (exact) mass is 343 g/mol. The molecule has 0 unspecified atom stereocenters. The van der Waals surface area contributed by atoms with E-state index < -0.39 is 10.0 Å². The number of allylic oxidation sites excluding steroid dienone is 1. The van der Waals surface area contributed by atoms with E-state index in [1.54, 1.807) is 19.1 Å². The van der Waals surface area contributed by atoms with Gasteiger partial charge < -0.3 is 4.74 Å². The molecule has 0 N–H and O–H groups in total. The Morgan fingerprint density at radius 2 is 1.96 bits per heavy atom. The molecule has 0 aliphatic heterocycles. The van der Waals surface area contributed by atoms with E-state index in [-0.39, 0.29) is 11.4 Å². The maximum atomic E-state index is 12.9. The molecule has 1 aromatic carbocycles. The van der Waals surface area contributed by atoms with Crippen LogP contribution in [0.3, 0.4) is 0 Å². The number of aromatic nitrogens is 3. The topological polar surface area (TPSA) is 74.1 Å². The fourth-order valence-electron chi connectivity index (χ4n) is 2.55. The number of nitrogens with zero attached hydrogens (tertiary/aromatic N) is 3. The number of rotatable bonds is 5. The zero-order valence-electron chi connectivity index (χ0n) is 13.4. The minimum absolute atomic E-state index is 0.125. The van der Waals surface area contributed by atoms with Gasteiger partial charge in [0.25, 0.3) is 0 Å². The van der Waals surface area contributed by atoms with E-state index in [1.807, 2.05) is 18.2 Å². The Balaban J connectivity index is 2.21. The first kappa shape index (κ1) is 16.2. The summed E-state index contributed by atoms with van der Waals surface area (Å²) in [5.74, 6) is 0.200. The van der Waals surface area contributed by atoms with Gasteiger partial charge in [-0.25, -0.2) is 22.4 Å². The van der Waals surface area contributed by atoms with Gasteiger partial charge in [0.2, 0.25) is 15.9 Å². The first-order chi connectivity index (χ1) is 11.4. The molecule has 7 heteroatoms. The van der Waals surface area contributed by atoms with Crippen LogP contribution in [0.5, 0.6) is 5.88 Å². The first-order valence-corrected chi connectivity index (χ1v) is 8.88. The van der Waals surface area contributed by atoms with Crippen molar-refractivity contribution in [3.05, 3.63) is 60.6 Å². The van der Waals surface area contributed by atoms with Crippen molar-refractivity contribution in [3.63, 3.8) is 0 Å². The van der Waals surface area contributed by atoms with Crippen LogP contribution in [0.25, 0.3) is 16.6 Å². The molecule has 0 atom stereocenters. The average molecular weight is 343 g/mol. The molecule has 0 saturated carbocycles. The van der Waals surface area contributed by atoms with Crippen LogP contribution >= 0.6 is 0 Å². The van der Waals surface area contributed by atoms with Crippen LogP contribution < -0.4 is 4.74 Å². The predicted molar refractivity (Wildman–Crippen MR) is 93.3 cm³/mol. The summed E-state index contributed by atoms with van der Waals surface area (Å²) in [5, 5.41) is 0.545. The van der Waals surface area contributed by atoms with E-state index in [4.69, 9.17) is 4.74 Å². The largest absolute Gasteiger partial charge is 0.480 e. The number of ether oxygens (including phenoxy) is 1. The molecule has 0 fully saturated rings. The summed E-state index contributed by atoms with van der Waals surface area (Å²) in [6.07, 6.45) is 2.82. The zero-order chi connectivity index (χ0) is 17.3. The Hall–Kier alpha value is -2.67. The highest BCUT2D eigenvalue weighted by Crippen LogP contribution is 2.32. The second-order valence-electron chi connectivity index (χ2n) is 5.44. The van der Waals surface area contributed by atoms with Crippen molar-refractivity contribution < 1.29 is 13.2 Å². The third kappa shape index (κ3) is 2.78. The van der Waals surface area contributed by atoms with Crippen molar-refractivity contribution in [1.82, 2.24) is 13.9 Å². The van der Waals surface area contributed by atoms with Crippen LogP contribution in [0.15, 0.2) is 49.4 Å². The number of hydrogen-bond acceptors (Lipinski definition) is 5. The fourth-order valence-corrected chi connectivity index (χ4v) is 3.97.